The lowest BCUT2D eigenvalue weighted by molar-refractivity contribution is 0.226. The number of rotatable bonds is 2. The van der Waals surface area contributed by atoms with E-state index in [1.54, 1.807) is 6.92 Å². The SMILES string of the molecule is CC(N1CCNCC1)S(=O)O. The van der Waals surface area contributed by atoms with E-state index in [-0.39, 0.29) is 5.37 Å². The fourth-order valence-corrected chi connectivity index (χ4v) is 1.64. The zero-order valence-corrected chi connectivity index (χ0v) is 7.43. The molecule has 0 aromatic rings. The molecule has 0 aromatic carbocycles. The van der Waals surface area contributed by atoms with Crippen LogP contribution in [-0.4, -0.2) is 45.2 Å². The summed E-state index contributed by atoms with van der Waals surface area (Å²) < 4.78 is 19.4. The zero-order chi connectivity index (χ0) is 8.27. The fourth-order valence-electron chi connectivity index (χ4n) is 1.17. The molecule has 1 rings (SSSR count). The Morgan fingerprint density at radius 1 is 1.55 bits per heavy atom. The molecule has 11 heavy (non-hydrogen) atoms. The van der Waals surface area contributed by atoms with E-state index in [4.69, 9.17) is 4.55 Å². The molecule has 1 saturated heterocycles. The highest BCUT2D eigenvalue weighted by atomic mass is 32.2. The van der Waals surface area contributed by atoms with Gasteiger partial charge in [0.2, 0.25) is 0 Å². The van der Waals surface area contributed by atoms with Crippen LogP contribution >= 0.6 is 0 Å². The molecule has 2 atom stereocenters. The average Bonchev–Trinajstić information content (AvgIpc) is 2.05. The Morgan fingerprint density at radius 3 is 2.55 bits per heavy atom. The van der Waals surface area contributed by atoms with Crippen LogP contribution < -0.4 is 5.32 Å². The molecular formula is C6H14N2O2S. The summed E-state index contributed by atoms with van der Waals surface area (Å²) in [6.45, 7) is 5.35. The molecule has 66 valence electrons. The second-order valence-electron chi connectivity index (χ2n) is 2.66. The van der Waals surface area contributed by atoms with Crippen molar-refractivity contribution in [3.05, 3.63) is 0 Å². The van der Waals surface area contributed by atoms with Gasteiger partial charge in [0.15, 0.2) is 11.1 Å². The summed E-state index contributed by atoms with van der Waals surface area (Å²) in [5.74, 6) is 0. The first-order chi connectivity index (χ1) is 5.22. The molecule has 1 aliphatic heterocycles. The summed E-state index contributed by atoms with van der Waals surface area (Å²) in [6.07, 6.45) is 0. The van der Waals surface area contributed by atoms with Gasteiger partial charge >= 0.3 is 0 Å². The number of piperazine rings is 1. The van der Waals surface area contributed by atoms with E-state index >= 15 is 0 Å². The predicted octanol–water partition coefficient (Wildman–Crippen LogP) is -0.541. The Balaban J connectivity index is 2.38. The molecule has 0 spiro atoms. The van der Waals surface area contributed by atoms with Crippen LogP contribution in [-0.2, 0) is 11.1 Å². The highest BCUT2D eigenvalue weighted by Crippen LogP contribution is 2.02. The molecule has 1 aliphatic rings. The van der Waals surface area contributed by atoms with Gasteiger partial charge in [0, 0.05) is 26.2 Å². The summed E-state index contributed by atoms with van der Waals surface area (Å²) in [6, 6.07) is 0. The lowest BCUT2D eigenvalue weighted by Gasteiger charge is -2.30. The minimum absolute atomic E-state index is 0.225. The van der Waals surface area contributed by atoms with Crippen molar-refractivity contribution in [2.75, 3.05) is 26.2 Å². The molecule has 0 radical (unpaired) electrons. The first kappa shape index (κ1) is 9.12. The van der Waals surface area contributed by atoms with E-state index in [9.17, 15) is 4.21 Å². The smallest absolute Gasteiger partial charge is 0.170 e. The minimum atomic E-state index is -1.71. The van der Waals surface area contributed by atoms with Crippen molar-refractivity contribution in [1.29, 1.82) is 0 Å². The average molecular weight is 178 g/mol. The van der Waals surface area contributed by atoms with Gasteiger partial charge in [-0.1, -0.05) is 0 Å². The molecule has 0 aliphatic carbocycles. The maximum atomic E-state index is 10.6. The second-order valence-corrected chi connectivity index (χ2v) is 3.90. The summed E-state index contributed by atoms with van der Waals surface area (Å²) >= 11 is -1.71. The fraction of sp³-hybridized carbons (Fsp3) is 1.00. The molecule has 1 heterocycles. The number of nitrogens with one attached hydrogen (secondary N) is 1. The van der Waals surface area contributed by atoms with Crippen LogP contribution in [0.2, 0.25) is 0 Å². The van der Waals surface area contributed by atoms with Gasteiger partial charge in [0.25, 0.3) is 0 Å². The van der Waals surface area contributed by atoms with Crippen LogP contribution in [0, 0.1) is 0 Å². The van der Waals surface area contributed by atoms with E-state index in [1.165, 1.54) is 0 Å². The quantitative estimate of drug-likeness (QED) is 0.558. The third-order valence-electron chi connectivity index (χ3n) is 1.96. The van der Waals surface area contributed by atoms with Crippen molar-refractivity contribution >= 4 is 11.1 Å². The molecule has 4 nitrogen and oxygen atoms in total. The molecule has 0 bridgehead atoms. The van der Waals surface area contributed by atoms with E-state index in [0.29, 0.717) is 0 Å². The standard InChI is InChI=1S/C6H14N2O2S/c1-6(11(9)10)8-4-2-7-3-5-8/h6-7H,2-5H2,1H3,(H,9,10). The molecule has 2 unspecified atom stereocenters. The highest BCUT2D eigenvalue weighted by molar-refractivity contribution is 7.79. The Bertz CT molecular complexity index is 148. The first-order valence-electron chi connectivity index (χ1n) is 3.76. The van der Waals surface area contributed by atoms with Crippen molar-refractivity contribution in [1.82, 2.24) is 10.2 Å². The van der Waals surface area contributed by atoms with Gasteiger partial charge < -0.3 is 9.87 Å². The van der Waals surface area contributed by atoms with Crippen molar-refractivity contribution in [2.24, 2.45) is 0 Å². The molecule has 5 heteroatoms. The predicted molar refractivity (Wildman–Crippen MR) is 44.7 cm³/mol. The maximum Gasteiger partial charge on any atom is 0.170 e. The van der Waals surface area contributed by atoms with E-state index < -0.39 is 11.1 Å². The summed E-state index contributed by atoms with van der Waals surface area (Å²) in [5, 5.41) is 2.96. The largest absolute Gasteiger partial charge is 0.314 e. The highest BCUT2D eigenvalue weighted by Gasteiger charge is 2.19. The summed E-state index contributed by atoms with van der Waals surface area (Å²) in [4.78, 5) is 2.02. The van der Waals surface area contributed by atoms with Gasteiger partial charge in [-0.05, 0) is 6.92 Å². The molecule has 0 amide bonds. The maximum absolute atomic E-state index is 10.6. The number of nitrogens with zero attached hydrogens (tertiary/aromatic N) is 1. The lowest BCUT2D eigenvalue weighted by Crippen LogP contribution is -2.48. The Kier molecular flexibility index (Phi) is 3.45. The Hall–Kier alpha value is 0.0300. The Labute approximate surface area is 69.2 Å². The van der Waals surface area contributed by atoms with Gasteiger partial charge in [-0.25, -0.2) is 4.21 Å². The second kappa shape index (κ2) is 4.15. The van der Waals surface area contributed by atoms with Crippen molar-refractivity contribution in [2.45, 2.75) is 12.3 Å². The third-order valence-corrected chi connectivity index (χ3v) is 2.84. The van der Waals surface area contributed by atoms with Crippen molar-refractivity contribution < 1.29 is 8.76 Å². The normalized spacial score (nSPS) is 26.4. The summed E-state index contributed by atoms with van der Waals surface area (Å²) in [7, 11) is 0. The van der Waals surface area contributed by atoms with E-state index in [2.05, 4.69) is 5.32 Å². The van der Waals surface area contributed by atoms with Crippen molar-refractivity contribution in [3.8, 4) is 0 Å². The van der Waals surface area contributed by atoms with Gasteiger partial charge in [-0.3, -0.25) is 4.90 Å². The van der Waals surface area contributed by atoms with Gasteiger partial charge in [0.1, 0.15) is 5.37 Å². The molecule has 0 saturated carbocycles. The van der Waals surface area contributed by atoms with E-state index in [0.717, 1.165) is 26.2 Å². The topological polar surface area (TPSA) is 52.6 Å². The van der Waals surface area contributed by atoms with Crippen LogP contribution in [0.4, 0.5) is 0 Å². The molecule has 0 aromatic heterocycles. The van der Waals surface area contributed by atoms with E-state index in [1.807, 2.05) is 4.90 Å². The minimum Gasteiger partial charge on any atom is -0.314 e. The third kappa shape index (κ3) is 2.52. The molecule has 2 N–H and O–H groups in total. The van der Waals surface area contributed by atoms with Crippen LogP contribution in [0.15, 0.2) is 0 Å². The van der Waals surface area contributed by atoms with Gasteiger partial charge in [0.05, 0.1) is 0 Å². The zero-order valence-electron chi connectivity index (χ0n) is 6.62. The van der Waals surface area contributed by atoms with Crippen LogP contribution in [0.5, 0.6) is 0 Å². The van der Waals surface area contributed by atoms with Crippen LogP contribution in [0.25, 0.3) is 0 Å². The lowest BCUT2D eigenvalue weighted by atomic mass is 10.4. The number of hydrogen-bond acceptors (Lipinski definition) is 3. The molecular weight excluding hydrogens is 164 g/mol. The van der Waals surface area contributed by atoms with Crippen molar-refractivity contribution in [3.63, 3.8) is 0 Å². The summed E-state index contributed by atoms with van der Waals surface area (Å²) in [5.41, 5.74) is 0. The van der Waals surface area contributed by atoms with Crippen LogP contribution in [0.1, 0.15) is 6.92 Å². The Morgan fingerprint density at radius 2 is 2.09 bits per heavy atom. The van der Waals surface area contributed by atoms with Crippen LogP contribution in [0.3, 0.4) is 0 Å². The van der Waals surface area contributed by atoms with Gasteiger partial charge in [-0.2, -0.15) is 0 Å². The monoisotopic (exact) mass is 178 g/mol. The first-order valence-corrected chi connectivity index (χ1v) is 4.93. The van der Waals surface area contributed by atoms with Gasteiger partial charge in [-0.15, -0.1) is 0 Å². The molecule has 1 fully saturated rings. The number of hydrogen-bond donors (Lipinski definition) is 2.